The Labute approximate surface area is 122 Å². The van der Waals surface area contributed by atoms with Gasteiger partial charge in [-0.3, -0.25) is 4.79 Å². The predicted octanol–water partition coefficient (Wildman–Crippen LogP) is 3.11. The van der Waals surface area contributed by atoms with Crippen LogP contribution < -0.4 is 15.8 Å². The van der Waals surface area contributed by atoms with E-state index in [9.17, 15) is 4.79 Å². The highest BCUT2D eigenvalue weighted by Gasteiger charge is 2.08. The van der Waals surface area contributed by atoms with Gasteiger partial charge in [0.25, 0.3) is 0 Å². The van der Waals surface area contributed by atoms with Crippen molar-refractivity contribution >= 4 is 28.9 Å². The molecule has 0 atom stereocenters. The van der Waals surface area contributed by atoms with Crippen LogP contribution in [0.5, 0.6) is 5.75 Å². The van der Waals surface area contributed by atoms with Gasteiger partial charge in [-0.25, -0.2) is 0 Å². The molecule has 0 fully saturated rings. The summed E-state index contributed by atoms with van der Waals surface area (Å²) in [5, 5.41) is 3.23. The molecule has 0 bridgehead atoms. The first-order valence-corrected chi connectivity index (χ1v) is 6.44. The molecule has 0 unspecified atom stereocenters. The van der Waals surface area contributed by atoms with Crippen LogP contribution in [-0.2, 0) is 11.2 Å². The van der Waals surface area contributed by atoms with Crippen molar-refractivity contribution in [2.24, 2.45) is 0 Å². The van der Waals surface area contributed by atoms with Crippen molar-refractivity contribution < 1.29 is 9.53 Å². The van der Waals surface area contributed by atoms with Gasteiger partial charge < -0.3 is 15.8 Å². The van der Waals surface area contributed by atoms with Gasteiger partial charge in [0.2, 0.25) is 5.91 Å². The van der Waals surface area contributed by atoms with Crippen molar-refractivity contribution in [1.29, 1.82) is 0 Å². The van der Waals surface area contributed by atoms with Crippen molar-refractivity contribution in [3.8, 4) is 5.75 Å². The summed E-state index contributed by atoms with van der Waals surface area (Å²) in [5.41, 5.74) is 7.69. The largest absolute Gasteiger partial charge is 0.497 e. The SMILES string of the molecule is COc1ccc(Cl)c(NC(=O)Cc2cccc(N)c2)c1. The van der Waals surface area contributed by atoms with E-state index in [0.717, 1.165) is 5.56 Å². The summed E-state index contributed by atoms with van der Waals surface area (Å²) in [4.78, 5) is 12.0. The van der Waals surface area contributed by atoms with Crippen LogP contribution in [0.3, 0.4) is 0 Å². The molecule has 20 heavy (non-hydrogen) atoms. The summed E-state index contributed by atoms with van der Waals surface area (Å²) in [7, 11) is 1.56. The molecule has 0 saturated heterocycles. The first-order valence-electron chi connectivity index (χ1n) is 6.06. The number of nitrogen functional groups attached to an aromatic ring is 1. The fraction of sp³-hybridized carbons (Fsp3) is 0.133. The quantitative estimate of drug-likeness (QED) is 0.850. The molecule has 104 valence electrons. The van der Waals surface area contributed by atoms with E-state index in [1.54, 1.807) is 37.4 Å². The van der Waals surface area contributed by atoms with E-state index in [-0.39, 0.29) is 12.3 Å². The number of rotatable bonds is 4. The number of amides is 1. The van der Waals surface area contributed by atoms with Crippen LogP contribution in [0.15, 0.2) is 42.5 Å². The van der Waals surface area contributed by atoms with Gasteiger partial charge in [0.15, 0.2) is 0 Å². The fourth-order valence-corrected chi connectivity index (χ4v) is 1.97. The third-order valence-electron chi connectivity index (χ3n) is 2.76. The maximum Gasteiger partial charge on any atom is 0.228 e. The van der Waals surface area contributed by atoms with E-state index in [1.165, 1.54) is 0 Å². The molecule has 3 N–H and O–H groups in total. The highest BCUT2D eigenvalue weighted by molar-refractivity contribution is 6.33. The zero-order valence-corrected chi connectivity index (χ0v) is 11.8. The third kappa shape index (κ3) is 3.65. The summed E-state index contributed by atoms with van der Waals surface area (Å²) in [6.07, 6.45) is 0.235. The second-order valence-corrected chi connectivity index (χ2v) is 4.72. The lowest BCUT2D eigenvalue weighted by Gasteiger charge is -2.09. The molecule has 0 spiro atoms. The number of nitrogens with two attached hydrogens (primary N) is 1. The summed E-state index contributed by atoms with van der Waals surface area (Å²) in [5.74, 6) is 0.472. The topological polar surface area (TPSA) is 64.3 Å². The van der Waals surface area contributed by atoms with Crippen LogP contribution in [0.4, 0.5) is 11.4 Å². The normalized spacial score (nSPS) is 10.1. The maximum absolute atomic E-state index is 12.0. The molecule has 5 heteroatoms. The average Bonchev–Trinajstić information content (AvgIpc) is 2.41. The first-order chi connectivity index (χ1) is 9.58. The number of hydrogen-bond acceptors (Lipinski definition) is 3. The van der Waals surface area contributed by atoms with Crippen LogP contribution in [0.2, 0.25) is 5.02 Å². The second-order valence-electron chi connectivity index (χ2n) is 4.32. The smallest absolute Gasteiger partial charge is 0.228 e. The number of nitrogens with one attached hydrogen (secondary N) is 1. The van der Waals surface area contributed by atoms with E-state index in [4.69, 9.17) is 22.1 Å². The van der Waals surface area contributed by atoms with E-state index in [0.29, 0.717) is 22.1 Å². The number of carbonyl (C=O) groups excluding carboxylic acids is 1. The highest BCUT2D eigenvalue weighted by Crippen LogP contribution is 2.26. The lowest BCUT2D eigenvalue weighted by molar-refractivity contribution is -0.115. The van der Waals surface area contributed by atoms with E-state index in [2.05, 4.69) is 5.32 Å². The van der Waals surface area contributed by atoms with Crippen molar-refractivity contribution in [3.05, 3.63) is 53.1 Å². The Morgan fingerprint density at radius 2 is 2.10 bits per heavy atom. The zero-order chi connectivity index (χ0) is 14.5. The Morgan fingerprint density at radius 1 is 1.30 bits per heavy atom. The summed E-state index contributed by atoms with van der Waals surface area (Å²) in [6.45, 7) is 0. The second kappa shape index (κ2) is 6.30. The van der Waals surface area contributed by atoms with Gasteiger partial charge in [-0.15, -0.1) is 0 Å². The number of halogens is 1. The van der Waals surface area contributed by atoms with Gasteiger partial charge in [0.05, 0.1) is 24.2 Å². The molecule has 2 aromatic carbocycles. The molecule has 2 aromatic rings. The Morgan fingerprint density at radius 3 is 2.80 bits per heavy atom. The van der Waals surface area contributed by atoms with Gasteiger partial charge in [-0.2, -0.15) is 0 Å². The van der Waals surface area contributed by atoms with Gasteiger partial charge in [0.1, 0.15) is 5.75 Å². The van der Waals surface area contributed by atoms with Gasteiger partial charge in [-0.1, -0.05) is 23.7 Å². The number of benzene rings is 2. The molecule has 1 amide bonds. The van der Waals surface area contributed by atoms with E-state index in [1.807, 2.05) is 12.1 Å². The number of carbonyl (C=O) groups is 1. The third-order valence-corrected chi connectivity index (χ3v) is 3.09. The minimum absolute atomic E-state index is 0.161. The molecule has 0 aromatic heterocycles. The van der Waals surface area contributed by atoms with E-state index >= 15 is 0 Å². The number of methoxy groups -OCH3 is 1. The zero-order valence-electron chi connectivity index (χ0n) is 11.0. The Kier molecular flexibility index (Phi) is 4.48. The molecule has 2 rings (SSSR count). The minimum atomic E-state index is -0.161. The monoisotopic (exact) mass is 290 g/mol. The van der Waals surface area contributed by atoms with Crippen molar-refractivity contribution in [3.63, 3.8) is 0 Å². The Bertz CT molecular complexity index is 629. The summed E-state index contributed by atoms with van der Waals surface area (Å²) < 4.78 is 5.10. The van der Waals surface area contributed by atoms with Crippen molar-refractivity contribution in [2.75, 3.05) is 18.2 Å². The Balaban J connectivity index is 2.08. The molecular weight excluding hydrogens is 276 g/mol. The Hall–Kier alpha value is -2.20. The minimum Gasteiger partial charge on any atom is -0.497 e. The fourth-order valence-electron chi connectivity index (χ4n) is 1.81. The molecule has 0 aliphatic heterocycles. The predicted molar refractivity (Wildman–Crippen MR) is 81.2 cm³/mol. The van der Waals surface area contributed by atoms with Crippen molar-refractivity contribution in [2.45, 2.75) is 6.42 Å². The first kappa shape index (κ1) is 14.2. The highest BCUT2D eigenvalue weighted by atomic mass is 35.5. The van der Waals surface area contributed by atoms with Gasteiger partial charge in [-0.05, 0) is 29.8 Å². The van der Waals surface area contributed by atoms with E-state index < -0.39 is 0 Å². The summed E-state index contributed by atoms with van der Waals surface area (Å²) >= 11 is 6.04. The molecule has 0 saturated carbocycles. The average molecular weight is 291 g/mol. The van der Waals surface area contributed by atoms with Crippen LogP contribution >= 0.6 is 11.6 Å². The molecule has 0 aliphatic carbocycles. The number of ether oxygens (including phenoxy) is 1. The molecular formula is C15H15ClN2O2. The van der Waals surface area contributed by atoms with Crippen LogP contribution in [0, 0.1) is 0 Å². The standard InChI is InChI=1S/C15H15ClN2O2/c1-20-12-5-6-13(16)14(9-12)18-15(19)8-10-3-2-4-11(17)7-10/h2-7,9H,8,17H2,1H3,(H,18,19). The van der Waals surface area contributed by atoms with Gasteiger partial charge >= 0.3 is 0 Å². The molecule has 0 radical (unpaired) electrons. The number of hydrogen-bond donors (Lipinski definition) is 2. The van der Waals surface area contributed by atoms with Gasteiger partial charge in [0, 0.05) is 11.8 Å². The maximum atomic E-state index is 12.0. The van der Waals surface area contributed by atoms with Crippen LogP contribution in [-0.4, -0.2) is 13.0 Å². The molecule has 0 heterocycles. The van der Waals surface area contributed by atoms with Crippen molar-refractivity contribution in [1.82, 2.24) is 0 Å². The van der Waals surface area contributed by atoms with Crippen LogP contribution in [0.25, 0.3) is 0 Å². The lowest BCUT2D eigenvalue weighted by atomic mass is 10.1. The lowest BCUT2D eigenvalue weighted by Crippen LogP contribution is -2.14. The molecule has 0 aliphatic rings. The number of anilines is 2. The summed E-state index contributed by atoms with van der Waals surface area (Å²) in [6, 6.07) is 12.3. The molecule has 4 nitrogen and oxygen atoms in total. The van der Waals surface area contributed by atoms with Crippen LogP contribution in [0.1, 0.15) is 5.56 Å².